The van der Waals surface area contributed by atoms with Gasteiger partial charge in [-0.15, -0.1) is 0 Å². The molecule has 1 aliphatic rings. The molecule has 2 rings (SSSR count). The lowest BCUT2D eigenvalue weighted by atomic mass is 9.87. The van der Waals surface area contributed by atoms with E-state index in [9.17, 15) is 8.42 Å². The average Bonchev–Trinajstić information content (AvgIpc) is 2.75. The second kappa shape index (κ2) is 6.20. The maximum absolute atomic E-state index is 12.0. The molecule has 6 heteroatoms. The van der Waals surface area contributed by atoms with Crippen LogP contribution in [-0.4, -0.2) is 32.5 Å². The predicted octanol–water partition coefficient (Wildman–Crippen LogP) is 1.53. The third-order valence-corrected chi connectivity index (χ3v) is 5.46. The minimum absolute atomic E-state index is 0.209. The van der Waals surface area contributed by atoms with E-state index in [1.54, 1.807) is 18.3 Å². The molecule has 1 fully saturated rings. The van der Waals surface area contributed by atoms with Crippen LogP contribution < -0.4 is 10.0 Å². The molecule has 0 radical (unpaired) electrons. The van der Waals surface area contributed by atoms with Crippen LogP contribution in [0.15, 0.2) is 29.4 Å². The van der Waals surface area contributed by atoms with E-state index in [2.05, 4.69) is 28.9 Å². The van der Waals surface area contributed by atoms with E-state index in [4.69, 9.17) is 0 Å². The molecule has 1 aromatic rings. The van der Waals surface area contributed by atoms with Crippen LogP contribution in [0.25, 0.3) is 0 Å². The van der Waals surface area contributed by atoms with Crippen molar-refractivity contribution in [3.63, 3.8) is 0 Å². The first-order valence-corrected chi connectivity index (χ1v) is 8.53. The first-order valence-electron chi connectivity index (χ1n) is 7.05. The van der Waals surface area contributed by atoms with Crippen LogP contribution in [0.4, 0.5) is 0 Å². The monoisotopic (exact) mass is 297 g/mol. The summed E-state index contributed by atoms with van der Waals surface area (Å²) in [4.78, 5) is 4.04. The molecule has 0 unspecified atom stereocenters. The zero-order valence-electron chi connectivity index (χ0n) is 12.1. The Kier molecular flexibility index (Phi) is 4.78. The second-order valence-electron chi connectivity index (χ2n) is 5.97. The van der Waals surface area contributed by atoms with Crippen LogP contribution in [-0.2, 0) is 10.0 Å². The first kappa shape index (κ1) is 15.4. The van der Waals surface area contributed by atoms with E-state index in [-0.39, 0.29) is 4.90 Å². The van der Waals surface area contributed by atoms with Gasteiger partial charge in [0.05, 0.1) is 0 Å². The molecule has 1 aromatic heterocycles. The number of nitrogens with one attached hydrogen (secondary N) is 2. The fraction of sp³-hybridized carbons (Fsp3) is 0.643. The highest BCUT2D eigenvalue weighted by molar-refractivity contribution is 7.89. The summed E-state index contributed by atoms with van der Waals surface area (Å²) >= 11 is 0. The third-order valence-electron chi connectivity index (χ3n) is 4.01. The molecule has 0 amide bonds. The minimum Gasteiger partial charge on any atom is -0.312 e. The highest BCUT2D eigenvalue weighted by atomic mass is 32.2. The second-order valence-corrected chi connectivity index (χ2v) is 7.74. The molecule has 1 heterocycles. The Morgan fingerprint density at radius 3 is 2.80 bits per heavy atom. The molecule has 20 heavy (non-hydrogen) atoms. The van der Waals surface area contributed by atoms with Crippen LogP contribution in [0.3, 0.4) is 0 Å². The van der Waals surface area contributed by atoms with Gasteiger partial charge < -0.3 is 5.32 Å². The average molecular weight is 297 g/mol. The van der Waals surface area contributed by atoms with Crippen molar-refractivity contribution in [1.82, 2.24) is 15.0 Å². The molecule has 0 aromatic carbocycles. The first-order chi connectivity index (χ1) is 9.42. The van der Waals surface area contributed by atoms with Crippen molar-refractivity contribution >= 4 is 10.0 Å². The van der Waals surface area contributed by atoms with Crippen LogP contribution >= 0.6 is 0 Å². The van der Waals surface area contributed by atoms with Crippen LogP contribution in [0.2, 0.25) is 0 Å². The van der Waals surface area contributed by atoms with E-state index < -0.39 is 10.0 Å². The topological polar surface area (TPSA) is 71.1 Å². The smallest absolute Gasteiger partial charge is 0.242 e. The summed E-state index contributed by atoms with van der Waals surface area (Å²) in [7, 11) is -3.44. The number of hydrogen-bond donors (Lipinski definition) is 2. The van der Waals surface area contributed by atoms with Crippen molar-refractivity contribution in [2.24, 2.45) is 5.41 Å². The largest absolute Gasteiger partial charge is 0.312 e. The van der Waals surface area contributed by atoms with Crippen molar-refractivity contribution in [2.75, 3.05) is 13.1 Å². The number of sulfonamides is 1. The SMILES string of the molecule is CC1(C)CCC[C@@H]1NCCNS(=O)(=O)c1cccnc1. The molecule has 1 saturated carbocycles. The van der Waals surface area contributed by atoms with Crippen molar-refractivity contribution < 1.29 is 8.42 Å². The lowest BCUT2D eigenvalue weighted by molar-refractivity contribution is 0.285. The summed E-state index contributed by atoms with van der Waals surface area (Å²) in [6, 6.07) is 3.64. The molecule has 1 aliphatic carbocycles. The Hall–Kier alpha value is -0.980. The maximum Gasteiger partial charge on any atom is 0.242 e. The molecule has 1 atom stereocenters. The van der Waals surface area contributed by atoms with Gasteiger partial charge in [-0.05, 0) is 30.4 Å². The summed E-state index contributed by atoms with van der Waals surface area (Å²) in [6.07, 6.45) is 6.55. The van der Waals surface area contributed by atoms with Gasteiger partial charge in [0.1, 0.15) is 4.90 Å². The third kappa shape index (κ3) is 3.77. The van der Waals surface area contributed by atoms with E-state index in [0.717, 1.165) is 0 Å². The minimum atomic E-state index is -3.44. The number of rotatable bonds is 6. The van der Waals surface area contributed by atoms with Crippen molar-refractivity contribution in [3.05, 3.63) is 24.5 Å². The van der Waals surface area contributed by atoms with Crippen molar-refractivity contribution in [2.45, 2.75) is 44.0 Å². The predicted molar refractivity (Wildman–Crippen MR) is 78.8 cm³/mol. The Bertz CT molecular complexity index is 529. The Balaban J connectivity index is 1.79. The lowest BCUT2D eigenvalue weighted by Crippen LogP contribution is -2.41. The van der Waals surface area contributed by atoms with Gasteiger partial charge in [0.2, 0.25) is 10.0 Å². The molecule has 5 nitrogen and oxygen atoms in total. The zero-order valence-corrected chi connectivity index (χ0v) is 12.9. The highest BCUT2D eigenvalue weighted by Gasteiger charge is 2.33. The van der Waals surface area contributed by atoms with Gasteiger partial charge in [0.25, 0.3) is 0 Å². The summed E-state index contributed by atoms with van der Waals surface area (Å²) in [6.45, 7) is 5.56. The number of nitrogens with zero attached hydrogens (tertiary/aromatic N) is 1. The molecule has 0 saturated heterocycles. The Morgan fingerprint density at radius 1 is 1.40 bits per heavy atom. The molecule has 0 aliphatic heterocycles. The summed E-state index contributed by atoms with van der Waals surface area (Å²) in [5.74, 6) is 0. The van der Waals surface area contributed by atoms with Crippen LogP contribution in [0.1, 0.15) is 33.1 Å². The van der Waals surface area contributed by atoms with Gasteiger partial charge in [0, 0.05) is 31.5 Å². The highest BCUT2D eigenvalue weighted by Crippen LogP contribution is 2.36. The van der Waals surface area contributed by atoms with E-state index in [1.807, 2.05) is 0 Å². The summed E-state index contributed by atoms with van der Waals surface area (Å²) in [5, 5.41) is 3.45. The quantitative estimate of drug-likeness (QED) is 0.781. The Labute approximate surface area is 121 Å². The molecular weight excluding hydrogens is 274 g/mol. The fourth-order valence-electron chi connectivity index (χ4n) is 2.73. The molecular formula is C14H23N3O2S. The number of pyridine rings is 1. The summed E-state index contributed by atoms with van der Waals surface area (Å²) in [5.41, 5.74) is 0.308. The van der Waals surface area contributed by atoms with Gasteiger partial charge in [0.15, 0.2) is 0 Å². The van der Waals surface area contributed by atoms with E-state index >= 15 is 0 Å². The maximum atomic E-state index is 12.0. The lowest BCUT2D eigenvalue weighted by Gasteiger charge is -2.28. The van der Waals surface area contributed by atoms with Gasteiger partial charge in [-0.1, -0.05) is 20.3 Å². The summed E-state index contributed by atoms with van der Waals surface area (Å²) < 4.78 is 26.5. The number of aromatic nitrogens is 1. The van der Waals surface area contributed by atoms with Gasteiger partial charge in [-0.2, -0.15) is 0 Å². The van der Waals surface area contributed by atoms with Crippen molar-refractivity contribution in [1.29, 1.82) is 0 Å². The van der Waals surface area contributed by atoms with E-state index in [0.29, 0.717) is 24.5 Å². The van der Waals surface area contributed by atoms with Crippen LogP contribution in [0, 0.1) is 5.41 Å². The zero-order chi connectivity index (χ0) is 14.6. The molecule has 112 valence electrons. The number of hydrogen-bond acceptors (Lipinski definition) is 4. The van der Waals surface area contributed by atoms with Gasteiger partial charge >= 0.3 is 0 Å². The van der Waals surface area contributed by atoms with Crippen LogP contribution in [0.5, 0.6) is 0 Å². The fourth-order valence-corrected chi connectivity index (χ4v) is 3.72. The van der Waals surface area contributed by atoms with Gasteiger partial charge in [-0.25, -0.2) is 13.1 Å². The Morgan fingerprint density at radius 2 is 2.20 bits per heavy atom. The molecule has 0 bridgehead atoms. The van der Waals surface area contributed by atoms with Gasteiger partial charge in [-0.3, -0.25) is 4.98 Å². The normalized spacial score (nSPS) is 22.0. The van der Waals surface area contributed by atoms with E-state index in [1.165, 1.54) is 25.5 Å². The molecule has 2 N–H and O–H groups in total. The molecule has 0 spiro atoms. The van der Waals surface area contributed by atoms with Crippen molar-refractivity contribution in [3.8, 4) is 0 Å². The standard InChI is InChI=1S/C14H23N3O2S/c1-14(2)7-3-6-13(14)16-9-10-17-20(18,19)12-5-4-8-15-11-12/h4-5,8,11,13,16-17H,3,6-7,9-10H2,1-2H3/t13-/m0/s1.